The van der Waals surface area contributed by atoms with Gasteiger partial charge in [-0.05, 0) is 42.3 Å². The van der Waals surface area contributed by atoms with Gasteiger partial charge in [-0.15, -0.1) is 0 Å². The summed E-state index contributed by atoms with van der Waals surface area (Å²) in [4.78, 5) is 4.62. The number of nitrogens with zero attached hydrogens (tertiary/aromatic N) is 2. The van der Waals surface area contributed by atoms with Gasteiger partial charge in [-0.25, -0.2) is 0 Å². The van der Waals surface area contributed by atoms with Crippen molar-refractivity contribution in [1.82, 2.24) is 4.90 Å². The van der Waals surface area contributed by atoms with Gasteiger partial charge in [0.2, 0.25) is 0 Å². The Hall–Kier alpha value is -2.99. The van der Waals surface area contributed by atoms with Crippen LogP contribution in [0.1, 0.15) is 42.5 Å². The van der Waals surface area contributed by atoms with Crippen LogP contribution in [0.4, 0.5) is 24.5 Å². The SMILES string of the molecule is CCCCN1CCN(c2ccc(C(F)(F)F)c(NC(c3ccccc3)c3ccccc3)c2)CC1. The number of nitrogens with one attached hydrogen (secondary N) is 1. The highest BCUT2D eigenvalue weighted by Crippen LogP contribution is 2.39. The second kappa shape index (κ2) is 11.0. The summed E-state index contributed by atoms with van der Waals surface area (Å²) in [5, 5.41) is 3.25. The largest absolute Gasteiger partial charge is 0.418 e. The van der Waals surface area contributed by atoms with Crippen LogP contribution in [-0.2, 0) is 6.18 Å². The number of hydrogen-bond donors (Lipinski definition) is 1. The van der Waals surface area contributed by atoms with E-state index in [2.05, 4.69) is 22.0 Å². The van der Waals surface area contributed by atoms with Gasteiger partial charge in [-0.2, -0.15) is 13.2 Å². The fourth-order valence-corrected chi connectivity index (χ4v) is 4.51. The first-order valence-corrected chi connectivity index (χ1v) is 12.0. The van der Waals surface area contributed by atoms with Crippen LogP contribution in [0.5, 0.6) is 0 Å². The first-order valence-electron chi connectivity index (χ1n) is 12.0. The van der Waals surface area contributed by atoms with Gasteiger partial charge in [0.05, 0.1) is 11.6 Å². The molecule has 3 nitrogen and oxygen atoms in total. The van der Waals surface area contributed by atoms with Crippen molar-refractivity contribution in [1.29, 1.82) is 0 Å². The Balaban J connectivity index is 1.64. The highest BCUT2D eigenvalue weighted by atomic mass is 19.4. The molecule has 1 aliphatic rings. The molecule has 1 N–H and O–H groups in total. The van der Waals surface area contributed by atoms with Gasteiger partial charge in [0.15, 0.2) is 0 Å². The summed E-state index contributed by atoms with van der Waals surface area (Å²) < 4.78 is 42.0. The summed E-state index contributed by atoms with van der Waals surface area (Å²) in [7, 11) is 0. The second-order valence-electron chi connectivity index (χ2n) is 8.81. The zero-order valence-electron chi connectivity index (χ0n) is 19.6. The van der Waals surface area contributed by atoms with E-state index in [0.717, 1.165) is 56.0 Å². The first kappa shape index (κ1) is 24.1. The Morgan fingerprint density at radius 1 is 0.824 bits per heavy atom. The Labute approximate surface area is 200 Å². The predicted molar refractivity (Wildman–Crippen MR) is 133 cm³/mol. The van der Waals surface area contributed by atoms with Gasteiger partial charge in [0.1, 0.15) is 0 Å². The van der Waals surface area contributed by atoms with E-state index in [1.165, 1.54) is 12.5 Å². The van der Waals surface area contributed by atoms with E-state index in [9.17, 15) is 13.2 Å². The number of unbranched alkanes of at least 4 members (excludes halogenated alkanes) is 1. The molecule has 180 valence electrons. The Morgan fingerprint density at radius 3 is 1.94 bits per heavy atom. The molecule has 0 atom stereocenters. The van der Waals surface area contributed by atoms with Crippen LogP contribution in [-0.4, -0.2) is 37.6 Å². The Kier molecular flexibility index (Phi) is 7.78. The molecule has 1 saturated heterocycles. The van der Waals surface area contributed by atoms with Crippen LogP contribution in [0.3, 0.4) is 0 Å². The molecule has 6 heteroatoms. The molecule has 1 heterocycles. The molecule has 0 radical (unpaired) electrons. The predicted octanol–water partition coefficient (Wildman–Crippen LogP) is 6.83. The van der Waals surface area contributed by atoms with Crippen LogP contribution in [0, 0.1) is 0 Å². The van der Waals surface area contributed by atoms with E-state index >= 15 is 0 Å². The molecular formula is C28H32F3N3. The lowest BCUT2D eigenvalue weighted by molar-refractivity contribution is -0.137. The van der Waals surface area contributed by atoms with Crippen molar-refractivity contribution in [3.8, 4) is 0 Å². The molecule has 3 aromatic rings. The highest BCUT2D eigenvalue weighted by Gasteiger charge is 2.35. The number of piperazine rings is 1. The van der Waals surface area contributed by atoms with Crippen molar-refractivity contribution in [3.63, 3.8) is 0 Å². The number of halogens is 3. The van der Waals surface area contributed by atoms with Crippen molar-refractivity contribution in [2.75, 3.05) is 42.9 Å². The van der Waals surface area contributed by atoms with Crippen molar-refractivity contribution < 1.29 is 13.2 Å². The first-order chi connectivity index (χ1) is 16.5. The van der Waals surface area contributed by atoms with Gasteiger partial charge in [-0.1, -0.05) is 74.0 Å². The smallest absolute Gasteiger partial charge is 0.374 e. The minimum Gasteiger partial charge on any atom is -0.374 e. The summed E-state index contributed by atoms with van der Waals surface area (Å²) in [6.45, 7) is 6.76. The lowest BCUT2D eigenvalue weighted by Crippen LogP contribution is -2.46. The number of anilines is 2. The normalized spacial score (nSPS) is 15.0. The number of hydrogen-bond acceptors (Lipinski definition) is 3. The molecule has 1 aliphatic heterocycles. The quantitative estimate of drug-likeness (QED) is 0.392. The number of benzene rings is 3. The van der Waals surface area contributed by atoms with Crippen LogP contribution in [0.15, 0.2) is 78.9 Å². The summed E-state index contributed by atoms with van der Waals surface area (Å²) in [6, 6.07) is 23.3. The molecule has 0 aliphatic carbocycles. The zero-order chi connectivity index (χ0) is 24.0. The summed E-state index contributed by atoms with van der Waals surface area (Å²) in [6.07, 6.45) is -2.11. The lowest BCUT2D eigenvalue weighted by atomic mass is 9.97. The molecule has 0 aromatic heterocycles. The van der Waals surface area contributed by atoms with Crippen LogP contribution < -0.4 is 10.2 Å². The van der Waals surface area contributed by atoms with Crippen LogP contribution >= 0.6 is 0 Å². The lowest BCUT2D eigenvalue weighted by Gasteiger charge is -2.36. The maximum absolute atomic E-state index is 14.0. The summed E-state index contributed by atoms with van der Waals surface area (Å²) in [5.41, 5.74) is 2.12. The van der Waals surface area contributed by atoms with Gasteiger partial charge >= 0.3 is 6.18 Å². The Morgan fingerprint density at radius 2 is 1.41 bits per heavy atom. The highest BCUT2D eigenvalue weighted by molar-refractivity contribution is 5.65. The van der Waals surface area contributed by atoms with Gasteiger partial charge in [-0.3, -0.25) is 4.90 Å². The van der Waals surface area contributed by atoms with Crippen molar-refractivity contribution in [2.24, 2.45) is 0 Å². The second-order valence-corrected chi connectivity index (χ2v) is 8.81. The minimum atomic E-state index is -4.45. The molecular weight excluding hydrogens is 435 g/mol. The molecule has 3 aromatic carbocycles. The van der Waals surface area contributed by atoms with Gasteiger partial charge in [0, 0.05) is 37.6 Å². The van der Waals surface area contributed by atoms with Crippen molar-refractivity contribution in [2.45, 2.75) is 32.0 Å². The van der Waals surface area contributed by atoms with E-state index < -0.39 is 17.8 Å². The summed E-state index contributed by atoms with van der Waals surface area (Å²) >= 11 is 0. The third-order valence-corrected chi connectivity index (χ3v) is 6.44. The fourth-order valence-electron chi connectivity index (χ4n) is 4.51. The van der Waals surface area contributed by atoms with Crippen LogP contribution in [0.2, 0.25) is 0 Å². The van der Waals surface area contributed by atoms with E-state index in [1.807, 2.05) is 60.7 Å². The average molecular weight is 468 g/mol. The number of alkyl halides is 3. The maximum Gasteiger partial charge on any atom is 0.418 e. The van der Waals surface area contributed by atoms with E-state index in [4.69, 9.17) is 0 Å². The maximum atomic E-state index is 14.0. The van der Waals surface area contributed by atoms with E-state index in [0.29, 0.717) is 0 Å². The molecule has 34 heavy (non-hydrogen) atoms. The number of rotatable bonds is 8. The summed E-state index contributed by atoms with van der Waals surface area (Å²) in [5.74, 6) is 0. The minimum absolute atomic E-state index is 0.108. The average Bonchev–Trinajstić information content (AvgIpc) is 2.86. The third-order valence-electron chi connectivity index (χ3n) is 6.44. The van der Waals surface area contributed by atoms with E-state index in [1.54, 1.807) is 12.1 Å². The molecule has 1 fully saturated rings. The van der Waals surface area contributed by atoms with Crippen molar-refractivity contribution >= 4 is 11.4 Å². The topological polar surface area (TPSA) is 18.5 Å². The van der Waals surface area contributed by atoms with Crippen molar-refractivity contribution in [3.05, 3.63) is 95.6 Å². The molecule has 0 amide bonds. The zero-order valence-corrected chi connectivity index (χ0v) is 19.6. The molecule has 0 saturated carbocycles. The van der Waals surface area contributed by atoms with E-state index in [-0.39, 0.29) is 5.69 Å². The molecule has 0 bridgehead atoms. The van der Waals surface area contributed by atoms with Gasteiger partial charge < -0.3 is 10.2 Å². The Bertz CT molecular complexity index is 990. The third kappa shape index (κ3) is 5.92. The van der Waals surface area contributed by atoms with Crippen LogP contribution in [0.25, 0.3) is 0 Å². The molecule has 0 spiro atoms. The molecule has 0 unspecified atom stereocenters. The standard InChI is InChI=1S/C28H32F3N3/c1-2-3-16-33-17-19-34(20-18-33)24-14-15-25(28(29,30)31)26(21-24)32-27(22-10-6-4-7-11-22)23-12-8-5-9-13-23/h4-15,21,27,32H,2-3,16-20H2,1H3. The molecule has 4 rings (SSSR count). The fraction of sp³-hybridized carbons (Fsp3) is 0.357. The van der Waals surface area contributed by atoms with Gasteiger partial charge in [0.25, 0.3) is 0 Å². The monoisotopic (exact) mass is 467 g/mol.